The minimum atomic E-state index is -1.76. The van der Waals surface area contributed by atoms with E-state index < -0.39 is 78.3 Å². The quantitative estimate of drug-likeness (QED) is 0.187. The summed E-state index contributed by atoms with van der Waals surface area (Å²) in [6.45, 7) is 2.90. The third-order valence-electron chi connectivity index (χ3n) is 7.14. The van der Waals surface area contributed by atoms with Gasteiger partial charge in [0.1, 0.15) is 64.8 Å². The molecule has 0 unspecified atom stereocenters. The van der Waals surface area contributed by atoms with Crippen molar-refractivity contribution in [2.24, 2.45) is 0 Å². The van der Waals surface area contributed by atoms with Crippen LogP contribution in [0, 0.1) is 0 Å². The molecule has 0 amide bonds. The average molecular weight is 579 g/mol. The summed E-state index contributed by atoms with van der Waals surface area (Å²) in [7, 11) is 0. The molecule has 2 aromatic carbocycles. The number of hydrogen-bond acceptors (Lipinski definition) is 14. The predicted molar refractivity (Wildman–Crippen MR) is 137 cm³/mol. The normalized spacial score (nSPS) is 34.0. The number of fused-ring (bicyclic) bond motifs is 1. The summed E-state index contributed by atoms with van der Waals surface area (Å²) in [4.78, 5) is 13.7. The molecule has 0 radical (unpaired) electrons. The maximum absolute atomic E-state index is 13.7. The number of benzene rings is 2. The van der Waals surface area contributed by atoms with Gasteiger partial charge in [0, 0.05) is 17.7 Å². The van der Waals surface area contributed by atoms with E-state index in [1.54, 1.807) is 0 Å². The van der Waals surface area contributed by atoms with Gasteiger partial charge in [-0.15, -0.1) is 0 Å². The molecule has 3 heterocycles. The van der Waals surface area contributed by atoms with Gasteiger partial charge in [-0.3, -0.25) is 4.79 Å². The van der Waals surface area contributed by atoms with Crippen LogP contribution in [0.15, 0.2) is 45.6 Å². The van der Waals surface area contributed by atoms with Gasteiger partial charge in [-0.1, -0.05) is 0 Å². The second kappa shape index (κ2) is 11.1. The highest BCUT2D eigenvalue weighted by atomic mass is 16.7. The van der Waals surface area contributed by atoms with Crippen LogP contribution >= 0.6 is 0 Å². The van der Waals surface area contributed by atoms with Crippen LogP contribution in [0.5, 0.6) is 23.0 Å². The van der Waals surface area contributed by atoms with Gasteiger partial charge in [-0.05, 0) is 38.1 Å². The summed E-state index contributed by atoms with van der Waals surface area (Å²) in [5, 5.41) is 81.1. The molecule has 0 spiro atoms. The van der Waals surface area contributed by atoms with Gasteiger partial charge < -0.3 is 64.2 Å². The molecular formula is C27H30O14. The lowest BCUT2D eigenvalue weighted by Gasteiger charge is -2.39. The number of ether oxygens (including phenoxy) is 4. The van der Waals surface area contributed by atoms with Gasteiger partial charge in [0.2, 0.25) is 23.8 Å². The molecule has 222 valence electrons. The van der Waals surface area contributed by atoms with Gasteiger partial charge in [-0.25, -0.2) is 0 Å². The average Bonchev–Trinajstić information content (AvgIpc) is 2.93. The molecule has 14 heteroatoms. The Morgan fingerprint density at radius 3 is 1.80 bits per heavy atom. The minimum Gasteiger partial charge on any atom is -0.508 e. The van der Waals surface area contributed by atoms with Crippen LogP contribution in [0.3, 0.4) is 0 Å². The van der Waals surface area contributed by atoms with Crippen LogP contribution in [0.1, 0.15) is 13.8 Å². The zero-order valence-corrected chi connectivity index (χ0v) is 21.8. The van der Waals surface area contributed by atoms with Crippen LogP contribution in [0.25, 0.3) is 22.3 Å². The summed E-state index contributed by atoms with van der Waals surface area (Å²) >= 11 is 0. The molecule has 2 aliphatic rings. The van der Waals surface area contributed by atoms with Gasteiger partial charge in [-0.2, -0.15) is 0 Å². The van der Waals surface area contributed by atoms with E-state index >= 15 is 0 Å². The first-order valence-corrected chi connectivity index (χ1v) is 12.7. The Bertz CT molecular complexity index is 1460. The Labute approximate surface area is 231 Å². The lowest BCUT2D eigenvalue weighted by Crippen LogP contribution is -2.58. The molecule has 0 saturated carbocycles. The minimum absolute atomic E-state index is 0.0859. The summed E-state index contributed by atoms with van der Waals surface area (Å²) in [5.41, 5.74) is -0.865. The first-order chi connectivity index (χ1) is 19.4. The van der Waals surface area contributed by atoms with Crippen LogP contribution in [-0.2, 0) is 9.47 Å². The van der Waals surface area contributed by atoms with Gasteiger partial charge >= 0.3 is 0 Å². The van der Waals surface area contributed by atoms with E-state index in [1.807, 2.05) is 0 Å². The lowest BCUT2D eigenvalue weighted by atomic mass is 10.00. The Balaban J connectivity index is 1.58. The Morgan fingerprint density at radius 2 is 1.24 bits per heavy atom. The van der Waals surface area contributed by atoms with E-state index in [9.17, 15) is 45.6 Å². The van der Waals surface area contributed by atoms with E-state index in [0.29, 0.717) is 0 Å². The van der Waals surface area contributed by atoms with Crippen molar-refractivity contribution in [1.29, 1.82) is 0 Å². The zero-order valence-electron chi connectivity index (χ0n) is 21.8. The smallest absolute Gasteiger partial charge is 0.239 e. The number of aromatic hydroxyl groups is 2. The van der Waals surface area contributed by atoms with Gasteiger partial charge in [0.05, 0.1) is 12.2 Å². The van der Waals surface area contributed by atoms with Crippen molar-refractivity contribution in [3.63, 3.8) is 0 Å². The van der Waals surface area contributed by atoms with Crippen molar-refractivity contribution in [2.75, 3.05) is 0 Å². The topological polar surface area (TPSA) is 229 Å². The first kappa shape index (κ1) is 29.0. The predicted octanol–water partition coefficient (Wildman–Crippen LogP) is -0.716. The molecule has 2 fully saturated rings. The Morgan fingerprint density at radius 1 is 0.707 bits per heavy atom. The molecule has 1 aromatic heterocycles. The molecule has 0 aliphatic carbocycles. The molecule has 8 N–H and O–H groups in total. The number of aliphatic hydroxyl groups excluding tert-OH is 6. The molecule has 41 heavy (non-hydrogen) atoms. The highest BCUT2D eigenvalue weighted by Gasteiger charge is 2.45. The lowest BCUT2D eigenvalue weighted by molar-refractivity contribution is -0.268. The maximum atomic E-state index is 13.7. The largest absolute Gasteiger partial charge is 0.508 e. The van der Waals surface area contributed by atoms with Crippen molar-refractivity contribution in [1.82, 2.24) is 0 Å². The van der Waals surface area contributed by atoms with E-state index in [1.165, 1.54) is 44.2 Å². The monoisotopic (exact) mass is 578 g/mol. The highest BCUT2D eigenvalue weighted by molar-refractivity contribution is 5.88. The summed E-state index contributed by atoms with van der Waals surface area (Å²) in [5.74, 6) is -1.55. The van der Waals surface area contributed by atoms with Crippen LogP contribution in [-0.4, -0.2) is 102 Å². The summed E-state index contributed by atoms with van der Waals surface area (Å²) in [6.07, 6.45) is -14.3. The van der Waals surface area contributed by atoms with Crippen molar-refractivity contribution < 1.29 is 64.2 Å². The molecule has 2 saturated heterocycles. The van der Waals surface area contributed by atoms with Crippen molar-refractivity contribution in [3.05, 3.63) is 46.6 Å². The van der Waals surface area contributed by atoms with Crippen molar-refractivity contribution in [2.45, 2.75) is 75.3 Å². The fourth-order valence-corrected chi connectivity index (χ4v) is 4.71. The first-order valence-electron chi connectivity index (χ1n) is 12.7. The standard InChI is InChI=1S/C27H30O14/c1-9-17(30)20(33)22(35)26(37-9)39-13-7-14(29)16-15(8-13)40-24(11-3-5-12(28)6-4-11)25(19(16)32)41-27-23(36)21(34)18(31)10(2)38-27/h3-10,17-18,20-23,26-31,33-36H,1-2H3/t9-,10-,17+,18-,20-,21+,22-,23+,26+,27+/m1/s1. The molecular weight excluding hydrogens is 548 g/mol. The molecule has 14 nitrogen and oxygen atoms in total. The van der Waals surface area contributed by atoms with Crippen molar-refractivity contribution >= 4 is 11.0 Å². The molecule has 2 aliphatic heterocycles. The third kappa shape index (κ3) is 5.31. The molecule has 0 bridgehead atoms. The van der Waals surface area contributed by atoms with Crippen LogP contribution < -0.4 is 14.9 Å². The Hall–Kier alpha value is -3.47. The number of hydrogen-bond donors (Lipinski definition) is 8. The second-order valence-corrected chi connectivity index (χ2v) is 10.1. The molecule has 3 aromatic rings. The van der Waals surface area contributed by atoms with Crippen LogP contribution in [0.4, 0.5) is 0 Å². The van der Waals surface area contributed by atoms with E-state index in [2.05, 4.69) is 0 Å². The van der Waals surface area contributed by atoms with Gasteiger partial charge in [0.25, 0.3) is 0 Å². The van der Waals surface area contributed by atoms with Gasteiger partial charge in [0.15, 0.2) is 5.76 Å². The second-order valence-electron chi connectivity index (χ2n) is 10.1. The van der Waals surface area contributed by atoms with E-state index in [0.717, 1.165) is 6.07 Å². The number of aliphatic hydroxyl groups is 6. The third-order valence-corrected chi connectivity index (χ3v) is 7.14. The SMILES string of the molecule is C[C@H]1O[C@@H](Oc2cc(O)c3c(=O)c(O[C@@H]4O[C@H](C)[C@@H](O)[C@H](O)[C@@H]4O)c(-c4ccc(O)cc4)oc3c2)[C@H](O)[C@H](O)[C@H]1O. The number of phenols is 2. The number of rotatable bonds is 5. The molecule has 10 atom stereocenters. The maximum Gasteiger partial charge on any atom is 0.239 e. The summed E-state index contributed by atoms with van der Waals surface area (Å²) < 4.78 is 28.2. The fourth-order valence-electron chi connectivity index (χ4n) is 4.71. The zero-order chi connectivity index (χ0) is 29.7. The van der Waals surface area contributed by atoms with Crippen molar-refractivity contribution in [3.8, 4) is 34.3 Å². The van der Waals surface area contributed by atoms with E-state index in [4.69, 9.17) is 23.4 Å². The fraction of sp³-hybridized carbons (Fsp3) is 0.444. The van der Waals surface area contributed by atoms with Crippen LogP contribution in [0.2, 0.25) is 0 Å². The van der Waals surface area contributed by atoms with E-state index in [-0.39, 0.29) is 33.8 Å². The number of phenolic OH excluding ortho intramolecular Hbond substituents is 2. The highest BCUT2D eigenvalue weighted by Crippen LogP contribution is 2.38. The molecule has 5 rings (SSSR count). The Kier molecular flexibility index (Phi) is 7.84. The summed E-state index contributed by atoms with van der Waals surface area (Å²) in [6, 6.07) is 7.71.